The molecule has 0 bridgehead atoms. The summed E-state index contributed by atoms with van der Waals surface area (Å²) >= 11 is 0. The normalized spacial score (nSPS) is 22.9. The predicted molar refractivity (Wildman–Crippen MR) is 65.6 cm³/mol. The zero-order valence-corrected chi connectivity index (χ0v) is 10.6. The molecule has 2 rings (SSSR count). The largest absolute Gasteiger partial charge is 0.378 e. The number of likely N-dealkylation sites (N-methyl/N-ethyl adjacent to an activating group) is 1. The van der Waals surface area contributed by atoms with E-state index < -0.39 is 0 Å². The van der Waals surface area contributed by atoms with Gasteiger partial charge >= 0.3 is 0 Å². The highest BCUT2D eigenvalue weighted by Crippen LogP contribution is 2.34. The van der Waals surface area contributed by atoms with Crippen LogP contribution in [-0.2, 0) is 9.53 Å². The van der Waals surface area contributed by atoms with Crippen LogP contribution < -0.4 is 5.73 Å². The Bertz CT molecular complexity index is 262. The molecule has 1 unspecified atom stereocenters. The van der Waals surface area contributed by atoms with Crippen LogP contribution in [0, 0.1) is 5.92 Å². The first-order valence-corrected chi connectivity index (χ1v) is 6.48. The molecule has 1 aliphatic carbocycles. The molecule has 0 aromatic carbocycles. The van der Waals surface area contributed by atoms with Gasteiger partial charge in [-0.15, -0.1) is 0 Å². The molecule has 0 spiro atoms. The molecule has 0 aromatic rings. The Labute approximate surface area is 103 Å². The Morgan fingerprint density at radius 2 is 2.12 bits per heavy atom. The molecule has 2 fully saturated rings. The maximum atomic E-state index is 12.1. The molecule has 0 radical (unpaired) electrons. The van der Waals surface area contributed by atoms with Crippen molar-refractivity contribution in [1.29, 1.82) is 0 Å². The van der Waals surface area contributed by atoms with Gasteiger partial charge in [0.05, 0.1) is 19.8 Å². The summed E-state index contributed by atoms with van der Waals surface area (Å²) in [5.74, 6) is 0.914. The molecule has 1 saturated carbocycles. The Morgan fingerprint density at radius 3 is 2.65 bits per heavy atom. The van der Waals surface area contributed by atoms with Gasteiger partial charge < -0.3 is 15.4 Å². The molecule has 2 N–H and O–H groups in total. The van der Waals surface area contributed by atoms with E-state index in [4.69, 9.17) is 10.5 Å². The standard InChI is InChI=1S/C12H23N3O2/c1-14(11(8-13)10-2-3-10)9-12(16)15-4-6-17-7-5-15/h10-11H,2-9,13H2,1H3. The number of rotatable bonds is 5. The maximum Gasteiger partial charge on any atom is 0.236 e. The van der Waals surface area contributed by atoms with E-state index in [0.29, 0.717) is 38.3 Å². The molecule has 1 aliphatic heterocycles. The number of ether oxygens (including phenoxy) is 1. The lowest BCUT2D eigenvalue weighted by atomic mass is 10.1. The van der Waals surface area contributed by atoms with E-state index in [-0.39, 0.29) is 5.91 Å². The summed E-state index contributed by atoms with van der Waals surface area (Å²) in [4.78, 5) is 16.1. The van der Waals surface area contributed by atoms with Gasteiger partial charge in [0.15, 0.2) is 0 Å². The summed E-state index contributed by atoms with van der Waals surface area (Å²) < 4.78 is 5.24. The van der Waals surface area contributed by atoms with Gasteiger partial charge in [0, 0.05) is 25.7 Å². The first-order chi connectivity index (χ1) is 8.22. The molecule has 1 amide bonds. The minimum Gasteiger partial charge on any atom is -0.378 e. The van der Waals surface area contributed by atoms with Crippen molar-refractivity contribution in [1.82, 2.24) is 9.80 Å². The lowest BCUT2D eigenvalue weighted by Crippen LogP contribution is -2.49. The van der Waals surface area contributed by atoms with Crippen molar-refractivity contribution >= 4 is 5.91 Å². The number of amides is 1. The number of hydrogen-bond acceptors (Lipinski definition) is 4. The van der Waals surface area contributed by atoms with Crippen molar-refractivity contribution in [3.05, 3.63) is 0 Å². The van der Waals surface area contributed by atoms with Crippen LogP contribution in [0.2, 0.25) is 0 Å². The highest BCUT2D eigenvalue weighted by atomic mass is 16.5. The maximum absolute atomic E-state index is 12.1. The monoisotopic (exact) mass is 241 g/mol. The minimum absolute atomic E-state index is 0.204. The van der Waals surface area contributed by atoms with Crippen LogP contribution in [0.25, 0.3) is 0 Å². The lowest BCUT2D eigenvalue weighted by molar-refractivity contribution is -0.136. The second-order valence-electron chi connectivity index (χ2n) is 5.05. The fourth-order valence-corrected chi connectivity index (χ4v) is 2.46. The van der Waals surface area contributed by atoms with E-state index >= 15 is 0 Å². The van der Waals surface area contributed by atoms with Gasteiger partial charge in [-0.1, -0.05) is 0 Å². The van der Waals surface area contributed by atoms with E-state index in [1.165, 1.54) is 12.8 Å². The summed E-state index contributed by atoms with van der Waals surface area (Å²) in [5.41, 5.74) is 5.78. The zero-order chi connectivity index (χ0) is 12.3. The molecule has 1 saturated heterocycles. The molecule has 0 aromatic heterocycles. The molecular formula is C12H23N3O2. The Kier molecular flexibility index (Phi) is 4.36. The molecule has 17 heavy (non-hydrogen) atoms. The highest BCUT2D eigenvalue weighted by Gasteiger charge is 2.33. The number of carbonyl (C=O) groups excluding carboxylic acids is 1. The van der Waals surface area contributed by atoms with Gasteiger partial charge in [-0.2, -0.15) is 0 Å². The second kappa shape index (κ2) is 5.80. The van der Waals surface area contributed by atoms with E-state index in [0.717, 1.165) is 13.1 Å². The van der Waals surface area contributed by atoms with Gasteiger partial charge in [0.1, 0.15) is 0 Å². The molecule has 5 nitrogen and oxygen atoms in total. The first-order valence-electron chi connectivity index (χ1n) is 6.48. The quantitative estimate of drug-likeness (QED) is 0.706. The SMILES string of the molecule is CN(CC(=O)N1CCOCC1)C(CN)C1CC1. The van der Waals surface area contributed by atoms with Crippen LogP contribution >= 0.6 is 0 Å². The number of hydrogen-bond donors (Lipinski definition) is 1. The first kappa shape index (κ1) is 12.8. The van der Waals surface area contributed by atoms with Crippen LogP contribution in [0.4, 0.5) is 0 Å². The van der Waals surface area contributed by atoms with Gasteiger partial charge in [0.2, 0.25) is 5.91 Å². The van der Waals surface area contributed by atoms with Crippen molar-refractivity contribution in [2.75, 3.05) is 46.4 Å². The van der Waals surface area contributed by atoms with Crippen molar-refractivity contribution in [2.45, 2.75) is 18.9 Å². The van der Waals surface area contributed by atoms with Crippen LogP contribution in [-0.4, -0.2) is 68.2 Å². The van der Waals surface area contributed by atoms with Gasteiger partial charge in [-0.3, -0.25) is 9.69 Å². The number of morpholine rings is 1. The summed E-state index contributed by atoms with van der Waals surface area (Å²) in [6, 6.07) is 0.375. The van der Waals surface area contributed by atoms with Crippen molar-refractivity contribution < 1.29 is 9.53 Å². The molecule has 1 heterocycles. The smallest absolute Gasteiger partial charge is 0.236 e. The second-order valence-corrected chi connectivity index (χ2v) is 5.05. The fourth-order valence-electron chi connectivity index (χ4n) is 2.46. The van der Waals surface area contributed by atoms with E-state index in [2.05, 4.69) is 4.90 Å². The highest BCUT2D eigenvalue weighted by molar-refractivity contribution is 5.78. The van der Waals surface area contributed by atoms with Crippen LogP contribution in [0.5, 0.6) is 0 Å². The zero-order valence-electron chi connectivity index (χ0n) is 10.6. The number of nitrogens with two attached hydrogens (primary N) is 1. The van der Waals surface area contributed by atoms with Crippen LogP contribution in [0.1, 0.15) is 12.8 Å². The van der Waals surface area contributed by atoms with E-state index in [1.54, 1.807) is 0 Å². The molecule has 2 aliphatic rings. The Hall–Kier alpha value is -0.650. The van der Waals surface area contributed by atoms with Crippen molar-refractivity contribution in [2.24, 2.45) is 11.7 Å². The summed E-state index contributed by atoms with van der Waals surface area (Å²) in [6.07, 6.45) is 2.52. The summed E-state index contributed by atoms with van der Waals surface area (Å²) in [7, 11) is 2.01. The topological polar surface area (TPSA) is 58.8 Å². The average Bonchev–Trinajstić information content (AvgIpc) is 3.15. The number of carbonyl (C=O) groups is 1. The predicted octanol–water partition coefficient (Wildman–Crippen LogP) is -0.486. The fraction of sp³-hybridized carbons (Fsp3) is 0.917. The van der Waals surface area contributed by atoms with Gasteiger partial charge in [-0.05, 0) is 25.8 Å². The van der Waals surface area contributed by atoms with Crippen LogP contribution in [0.15, 0.2) is 0 Å². The Balaban J connectivity index is 1.79. The van der Waals surface area contributed by atoms with E-state index in [1.807, 2.05) is 11.9 Å². The third-order valence-corrected chi connectivity index (χ3v) is 3.72. The average molecular weight is 241 g/mol. The molecular weight excluding hydrogens is 218 g/mol. The van der Waals surface area contributed by atoms with Crippen molar-refractivity contribution in [3.63, 3.8) is 0 Å². The van der Waals surface area contributed by atoms with Crippen LogP contribution in [0.3, 0.4) is 0 Å². The van der Waals surface area contributed by atoms with Crippen molar-refractivity contribution in [3.8, 4) is 0 Å². The Morgan fingerprint density at radius 1 is 1.47 bits per heavy atom. The molecule has 1 atom stereocenters. The summed E-state index contributed by atoms with van der Waals surface area (Å²) in [6.45, 7) is 3.92. The lowest BCUT2D eigenvalue weighted by Gasteiger charge is -2.31. The number of nitrogens with zero attached hydrogens (tertiary/aromatic N) is 2. The minimum atomic E-state index is 0.204. The molecule has 5 heteroatoms. The molecule has 98 valence electrons. The van der Waals surface area contributed by atoms with Gasteiger partial charge in [0.25, 0.3) is 0 Å². The third-order valence-electron chi connectivity index (χ3n) is 3.72. The third kappa shape index (κ3) is 3.40. The summed E-state index contributed by atoms with van der Waals surface area (Å²) in [5, 5.41) is 0. The van der Waals surface area contributed by atoms with E-state index in [9.17, 15) is 4.79 Å². The van der Waals surface area contributed by atoms with Gasteiger partial charge in [-0.25, -0.2) is 0 Å².